The summed E-state index contributed by atoms with van der Waals surface area (Å²) in [5, 5.41) is 14.1. The van der Waals surface area contributed by atoms with E-state index in [0.29, 0.717) is 0 Å². The summed E-state index contributed by atoms with van der Waals surface area (Å²) in [4.78, 5) is 12.3. The zero-order valence-electron chi connectivity index (χ0n) is 28.4. The Hall–Kier alpha value is -4.68. The number of amides is 1. The van der Waals surface area contributed by atoms with E-state index in [9.17, 15) is 18.3 Å². The second kappa shape index (κ2) is 16.1. The normalized spacial score (nSPS) is 20.8. The molecule has 1 fully saturated rings. The molecule has 51 heavy (non-hydrogen) atoms. The highest BCUT2D eigenvalue weighted by atomic mass is 32.2. The first-order valence-electron chi connectivity index (χ1n) is 16.7. The van der Waals surface area contributed by atoms with Gasteiger partial charge in [0.05, 0.1) is 18.1 Å². The minimum atomic E-state index is -4.41. The van der Waals surface area contributed by atoms with Crippen LogP contribution in [-0.2, 0) is 45.5 Å². The molecule has 1 aliphatic rings. The first-order chi connectivity index (χ1) is 24.7. The number of ether oxygens (including phenoxy) is 3. The molecule has 0 aromatic heterocycles. The minimum absolute atomic E-state index is 0.0360. The Kier molecular flexibility index (Phi) is 11.4. The molecular weight excluding hydrogens is 667 g/mol. The van der Waals surface area contributed by atoms with E-state index in [1.165, 1.54) is 19.1 Å². The molecule has 0 saturated carbocycles. The molecule has 0 aliphatic carbocycles. The highest BCUT2D eigenvalue weighted by Gasteiger charge is 2.51. The maximum Gasteiger partial charge on any atom is 0.297 e. The Morgan fingerprint density at radius 1 is 0.745 bits per heavy atom. The summed E-state index contributed by atoms with van der Waals surface area (Å²) >= 11 is 0. The standard InChI is InChI=1S/C41H41NO8S/c1-29-23-25-35(26-24-29)51(45,46)50-38-36(49-40(44)37(42-30(2)43)39(38)47-27-31-15-7-3-8-16-31)28-48-41(32-17-9-4-10-18-32,33-19-11-5-12-20-33)34-21-13-6-14-22-34/h3-26,36-40,44H,27-28H2,1-2H3,(H,42,43). The third-order valence-corrected chi connectivity index (χ3v) is 10.2. The molecule has 2 N–H and O–H groups in total. The van der Waals surface area contributed by atoms with Crippen LogP contribution in [0.5, 0.6) is 0 Å². The molecule has 1 heterocycles. The fourth-order valence-electron chi connectivity index (χ4n) is 6.41. The molecule has 5 unspecified atom stereocenters. The lowest BCUT2D eigenvalue weighted by Crippen LogP contribution is -2.66. The highest BCUT2D eigenvalue weighted by Crippen LogP contribution is 2.41. The minimum Gasteiger partial charge on any atom is -0.368 e. The number of nitrogens with one attached hydrogen (secondary N) is 1. The van der Waals surface area contributed by atoms with E-state index in [2.05, 4.69) is 5.32 Å². The van der Waals surface area contributed by atoms with Crippen molar-refractivity contribution in [1.29, 1.82) is 0 Å². The molecule has 9 nitrogen and oxygen atoms in total. The number of rotatable bonds is 13. The van der Waals surface area contributed by atoms with E-state index in [-0.39, 0.29) is 18.1 Å². The number of carbonyl (C=O) groups excluding carboxylic acids is 1. The molecular formula is C41H41NO8S. The molecule has 0 radical (unpaired) electrons. The molecule has 5 atom stereocenters. The van der Waals surface area contributed by atoms with Gasteiger partial charge in [-0.1, -0.05) is 139 Å². The third kappa shape index (κ3) is 8.28. The van der Waals surface area contributed by atoms with Crippen LogP contribution in [0.25, 0.3) is 0 Å². The van der Waals surface area contributed by atoms with Gasteiger partial charge in [-0.25, -0.2) is 0 Å². The van der Waals surface area contributed by atoms with E-state index in [4.69, 9.17) is 18.4 Å². The summed E-state index contributed by atoms with van der Waals surface area (Å²) in [6.45, 7) is 2.93. The Balaban J connectivity index is 1.44. The van der Waals surface area contributed by atoms with E-state index in [0.717, 1.165) is 27.8 Å². The third-order valence-electron chi connectivity index (χ3n) is 8.87. The second-order valence-corrected chi connectivity index (χ2v) is 14.0. The quantitative estimate of drug-likeness (QED) is 0.115. The summed E-state index contributed by atoms with van der Waals surface area (Å²) in [6.07, 6.45) is -5.35. The van der Waals surface area contributed by atoms with Crippen LogP contribution in [0.2, 0.25) is 0 Å². The van der Waals surface area contributed by atoms with Crippen LogP contribution in [0.15, 0.2) is 150 Å². The van der Waals surface area contributed by atoms with Crippen LogP contribution in [-0.4, -0.2) is 56.7 Å². The van der Waals surface area contributed by atoms with Gasteiger partial charge in [0.2, 0.25) is 5.91 Å². The van der Waals surface area contributed by atoms with Gasteiger partial charge in [-0.05, 0) is 41.3 Å². The lowest BCUT2D eigenvalue weighted by molar-refractivity contribution is -0.264. The topological polar surface area (TPSA) is 120 Å². The molecule has 0 spiro atoms. The van der Waals surface area contributed by atoms with Gasteiger partial charge < -0.3 is 24.6 Å². The molecule has 5 aromatic rings. The molecule has 10 heteroatoms. The van der Waals surface area contributed by atoms with E-state index >= 15 is 0 Å². The molecule has 1 saturated heterocycles. The molecule has 0 bridgehead atoms. The van der Waals surface area contributed by atoms with Crippen LogP contribution in [0.1, 0.15) is 34.7 Å². The fraction of sp³-hybridized carbons (Fsp3) is 0.244. The van der Waals surface area contributed by atoms with Gasteiger partial charge in [0.25, 0.3) is 10.1 Å². The smallest absolute Gasteiger partial charge is 0.297 e. The maximum atomic E-state index is 13.9. The predicted molar refractivity (Wildman–Crippen MR) is 192 cm³/mol. The van der Waals surface area contributed by atoms with Crippen molar-refractivity contribution in [2.24, 2.45) is 0 Å². The second-order valence-electron chi connectivity index (χ2n) is 12.5. The van der Waals surface area contributed by atoms with Crippen LogP contribution >= 0.6 is 0 Å². The average Bonchev–Trinajstić information content (AvgIpc) is 3.15. The molecule has 1 aliphatic heterocycles. The van der Waals surface area contributed by atoms with Gasteiger partial charge in [0, 0.05) is 6.92 Å². The summed E-state index contributed by atoms with van der Waals surface area (Å²) < 4.78 is 53.4. The monoisotopic (exact) mass is 707 g/mol. The summed E-state index contributed by atoms with van der Waals surface area (Å²) in [5.74, 6) is -0.470. The van der Waals surface area contributed by atoms with Crippen molar-refractivity contribution < 1.29 is 36.7 Å². The number of aliphatic hydroxyl groups excluding tert-OH is 1. The van der Waals surface area contributed by atoms with Gasteiger partial charge in [0.1, 0.15) is 30.0 Å². The molecule has 264 valence electrons. The molecule has 5 aromatic carbocycles. The van der Waals surface area contributed by atoms with Gasteiger partial charge in [-0.2, -0.15) is 8.42 Å². The Morgan fingerprint density at radius 3 is 1.73 bits per heavy atom. The molecule has 6 rings (SSSR count). The van der Waals surface area contributed by atoms with E-state index in [1.807, 2.05) is 128 Å². The van der Waals surface area contributed by atoms with Crippen molar-refractivity contribution in [2.75, 3.05) is 6.61 Å². The van der Waals surface area contributed by atoms with Crippen molar-refractivity contribution in [3.8, 4) is 0 Å². The van der Waals surface area contributed by atoms with Crippen LogP contribution in [0, 0.1) is 6.92 Å². The van der Waals surface area contributed by atoms with Gasteiger partial charge in [0.15, 0.2) is 6.29 Å². The van der Waals surface area contributed by atoms with E-state index in [1.54, 1.807) is 12.1 Å². The fourth-order valence-corrected chi connectivity index (χ4v) is 7.51. The largest absolute Gasteiger partial charge is 0.368 e. The van der Waals surface area contributed by atoms with Crippen molar-refractivity contribution in [1.82, 2.24) is 5.32 Å². The molecule has 1 amide bonds. The van der Waals surface area contributed by atoms with Crippen LogP contribution in [0.3, 0.4) is 0 Å². The number of aliphatic hydroxyl groups is 1. The highest BCUT2D eigenvalue weighted by molar-refractivity contribution is 7.86. The zero-order chi connectivity index (χ0) is 35.8. The van der Waals surface area contributed by atoms with Gasteiger partial charge in [-0.3, -0.25) is 8.98 Å². The number of carbonyl (C=O) groups is 1. The van der Waals surface area contributed by atoms with Gasteiger partial charge in [-0.15, -0.1) is 0 Å². The first-order valence-corrected chi connectivity index (χ1v) is 18.1. The van der Waals surface area contributed by atoms with E-state index < -0.39 is 52.3 Å². The Labute approximate surface area is 298 Å². The van der Waals surface area contributed by atoms with Crippen LogP contribution < -0.4 is 5.32 Å². The predicted octanol–water partition coefficient (Wildman–Crippen LogP) is 5.88. The van der Waals surface area contributed by atoms with Crippen molar-refractivity contribution in [2.45, 2.75) is 61.6 Å². The SMILES string of the molecule is CC(=O)NC1C(O)OC(COC(c2ccccc2)(c2ccccc2)c2ccccc2)C(OS(=O)(=O)c2ccc(C)cc2)C1OCc1ccccc1. The first kappa shape index (κ1) is 36.1. The number of hydrogen-bond acceptors (Lipinski definition) is 8. The maximum absolute atomic E-state index is 13.9. The Morgan fingerprint density at radius 2 is 1.24 bits per heavy atom. The summed E-state index contributed by atoms with van der Waals surface area (Å²) in [5.41, 5.74) is 2.93. The van der Waals surface area contributed by atoms with Crippen molar-refractivity contribution in [3.05, 3.63) is 173 Å². The Bertz CT molecular complexity index is 1860. The number of benzene rings is 5. The number of hydrogen-bond donors (Lipinski definition) is 2. The summed E-state index contributed by atoms with van der Waals surface area (Å²) in [7, 11) is -4.41. The number of aryl methyl sites for hydroxylation is 1. The average molecular weight is 708 g/mol. The van der Waals surface area contributed by atoms with Crippen molar-refractivity contribution >= 4 is 16.0 Å². The lowest BCUT2D eigenvalue weighted by atomic mass is 9.80. The summed E-state index contributed by atoms with van der Waals surface area (Å²) in [6, 6.07) is 43.5. The zero-order valence-corrected chi connectivity index (χ0v) is 29.2. The van der Waals surface area contributed by atoms with Gasteiger partial charge >= 0.3 is 0 Å². The lowest BCUT2D eigenvalue weighted by Gasteiger charge is -2.45. The van der Waals surface area contributed by atoms with Crippen LogP contribution in [0.4, 0.5) is 0 Å². The van der Waals surface area contributed by atoms with Crippen molar-refractivity contribution in [3.63, 3.8) is 0 Å².